The van der Waals surface area contributed by atoms with Crippen LogP contribution in [-0.4, -0.2) is 23.6 Å². The molecule has 0 radical (unpaired) electrons. The van der Waals surface area contributed by atoms with Crippen LogP contribution in [0.3, 0.4) is 0 Å². The Morgan fingerprint density at radius 1 is 1.35 bits per heavy atom. The summed E-state index contributed by atoms with van der Waals surface area (Å²) in [4.78, 5) is 13.5. The summed E-state index contributed by atoms with van der Waals surface area (Å²) in [6, 6.07) is 2.22. The van der Waals surface area contributed by atoms with Crippen LogP contribution in [-0.2, 0) is 6.42 Å². The van der Waals surface area contributed by atoms with Gasteiger partial charge in [-0.05, 0) is 31.2 Å². The van der Waals surface area contributed by atoms with Gasteiger partial charge in [-0.3, -0.25) is 0 Å². The highest BCUT2D eigenvalue weighted by molar-refractivity contribution is 7.18. The van der Waals surface area contributed by atoms with Gasteiger partial charge < -0.3 is 10.6 Å². The second kappa shape index (κ2) is 5.56. The van der Waals surface area contributed by atoms with Gasteiger partial charge in [0.25, 0.3) is 0 Å². The molecule has 2 heterocycles. The van der Waals surface area contributed by atoms with Gasteiger partial charge in [0.2, 0.25) is 5.95 Å². The number of anilines is 2. The highest BCUT2D eigenvalue weighted by atomic mass is 32.1. The van der Waals surface area contributed by atoms with E-state index in [0.29, 0.717) is 5.95 Å². The summed E-state index contributed by atoms with van der Waals surface area (Å²) in [5.74, 6) is 2.18. The summed E-state index contributed by atoms with van der Waals surface area (Å²) in [6.45, 7) is 3.24. The molecule has 0 amide bonds. The Labute approximate surface area is 124 Å². The zero-order valence-electron chi connectivity index (χ0n) is 12.2. The van der Waals surface area contributed by atoms with Crippen molar-refractivity contribution in [3.8, 4) is 0 Å². The molecular weight excluding hydrogens is 268 g/mol. The first-order chi connectivity index (χ1) is 9.67. The third kappa shape index (κ3) is 2.59. The molecular formula is C15H22N4S. The summed E-state index contributed by atoms with van der Waals surface area (Å²) in [5, 5.41) is 1.15. The summed E-state index contributed by atoms with van der Waals surface area (Å²) >= 11 is 1.73. The molecule has 0 aliphatic heterocycles. The van der Waals surface area contributed by atoms with E-state index in [1.54, 1.807) is 11.3 Å². The Morgan fingerprint density at radius 3 is 2.80 bits per heavy atom. The molecule has 1 saturated carbocycles. The molecule has 108 valence electrons. The smallest absolute Gasteiger partial charge is 0.223 e. The molecule has 0 saturated heterocycles. The van der Waals surface area contributed by atoms with Crippen molar-refractivity contribution in [2.24, 2.45) is 5.92 Å². The molecule has 5 heteroatoms. The minimum Gasteiger partial charge on any atom is -0.368 e. The van der Waals surface area contributed by atoms with E-state index in [4.69, 9.17) is 5.73 Å². The van der Waals surface area contributed by atoms with Crippen LogP contribution in [0.25, 0.3) is 10.2 Å². The van der Waals surface area contributed by atoms with Crippen LogP contribution in [0.2, 0.25) is 0 Å². The third-order valence-corrected chi connectivity index (χ3v) is 5.33. The van der Waals surface area contributed by atoms with Gasteiger partial charge in [0.15, 0.2) is 0 Å². The molecule has 0 spiro atoms. The Kier molecular flexibility index (Phi) is 3.78. The van der Waals surface area contributed by atoms with Crippen molar-refractivity contribution in [3.63, 3.8) is 0 Å². The monoisotopic (exact) mass is 290 g/mol. The maximum Gasteiger partial charge on any atom is 0.223 e. The van der Waals surface area contributed by atoms with Crippen LogP contribution in [0.1, 0.15) is 37.5 Å². The predicted molar refractivity (Wildman–Crippen MR) is 86.4 cm³/mol. The van der Waals surface area contributed by atoms with E-state index >= 15 is 0 Å². The first-order valence-electron chi connectivity index (χ1n) is 7.44. The summed E-state index contributed by atoms with van der Waals surface area (Å²) in [7, 11) is 2.13. The average Bonchev–Trinajstić information content (AvgIpc) is 3.06. The molecule has 0 aromatic carbocycles. The maximum atomic E-state index is 5.88. The molecule has 2 N–H and O–H groups in total. The maximum absolute atomic E-state index is 5.88. The van der Waals surface area contributed by atoms with Crippen molar-refractivity contribution in [2.75, 3.05) is 24.2 Å². The van der Waals surface area contributed by atoms with Crippen LogP contribution >= 0.6 is 11.3 Å². The van der Waals surface area contributed by atoms with Crippen LogP contribution in [0.5, 0.6) is 0 Å². The minimum absolute atomic E-state index is 0.385. The second-order valence-electron chi connectivity index (χ2n) is 5.72. The van der Waals surface area contributed by atoms with E-state index < -0.39 is 0 Å². The number of hydrogen-bond acceptors (Lipinski definition) is 5. The third-order valence-electron chi connectivity index (χ3n) is 4.16. The number of nitrogen functional groups attached to an aromatic ring is 1. The topological polar surface area (TPSA) is 55.0 Å². The van der Waals surface area contributed by atoms with Gasteiger partial charge in [-0.15, -0.1) is 11.3 Å². The Balaban J connectivity index is 1.93. The van der Waals surface area contributed by atoms with Gasteiger partial charge in [-0.25, -0.2) is 4.98 Å². The normalized spacial score (nSPS) is 16.1. The van der Waals surface area contributed by atoms with E-state index in [1.165, 1.54) is 30.6 Å². The van der Waals surface area contributed by atoms with E-state index in [1.807, 2.05) is 0 Å². The number of nitrogens with zero attached hydrogens (tertiary/aromatic N) is 3. The van der Waals surface area contributed by atoms with Crippen LogP contribution in [0.4, 0.5) is 11.8 Å². The number of aromatic nitrogens is 2. The van der Waals surface area contributed by atoms with Crippen molar-refractivity contribution in [1.29, 1.82) is 0 Å². The number of fused-ring (bicyclic) bond motifs is 1. The molecule has 1 aliphatic carbocycles. The molecule has 0 unspecified atom stereocenters. The second-order valence-corrected chi connectivity index (χ2v) is 6.84. The Morgan fingerprint density at radius 2 is 2.10 bits per heavy atom. The van der Waals surface area contributed by atoms with Crippen LogP contribution in [0, 0.1) is 5.92 Å². The van der Waals surface area contributed by atoms with Crippen molar-refractivity contribution in [2.45, 2.75) is 39.0 Å². The van der Waals surface area contributed by atoms with Gasteiger partial charge in [0.1, 0.15) is 10.6 Å². The Hall–Kier alpha value is -1.36. The van der Waals surface area contributed by atoms with E-state index in [0.717, 1.165) is 34.9 Å². The minimum atomic E-state index is 0.385. The van der Waals surface area contributed by atoms with Crippen LogP contribution < -0.4 is 10.6 Å². The largest absolute Gasteiger partial charge is 0.368 e. The number of rotatable bonds is 4. The van der Waals surface area contributed by atoms with E-state index in [-0.39, 0.29) is 0 Å². The predicted octanol–water partition coefficient (Wildman–Crippen LogP) is 3.46. The quantitative estimate of drug-likeness (QED) is 0.937. The zero-order valence-corrected chi connectivity index (χ0v) is 13.0. The number of hydrogen-bond donors (Lipinski definition) is 1. The fourth-order valence-electron chi connectivity index (χ4n) is 3.10. The molecule has 4 nitrogen and oxygen atoms in total. The first-order valence-corrected chi connectivity index (χ1v) is 8.26. The van der Waals surface area contributed by atoms with Gasteiger partial charge in [-0.2, -0.15) is 4.98 Å². The lowest BCUT2D eigenvalue weighted by atomic mass is 10.1. The molecule has 3 rings (SSSR count). The van der Waals surface area contributed by atoms with Crippen molar-refractivity contribution in [3.05, 3.63) is 10.9 Å². The summed E-state index contributed by atoms with van der Waals surface area (Å²) < 4.78 is 0. The van der Waals surface area contributed by atoms with Crippen molar-refractivity contribution >= 4 is 33.3 Å². The molecule has 1 fully saturated rings. The number of thiophene rings is 1. The first kappa shape index (κ1) is 13.6. The lowest BCUT2D eigenvalue weighted by Gasteiger charge is -2.22. The molecule has 20 heavy (non-hydrogen) atoms. The average molecular weight is 290 g/mol. The van der Waals surface area contributed by atoms with E-state index in [9.17, 15) is 0 Å². The van der Waals surface area contributed by atoms with Gasteiger partial charge in [0.05, 0.1) is 5.39 Å². The lowest BCUT2D eigenvalue weighted by Crippen LogP contribution is -2.25. The zero-order chi connectivity index (χ0) is 14.1. The molecule has 2 aromatic rings. The van der Waals surface area contributed by atoms with Gasteiger partial charge in [0, 0.05) is 18.5 Å². The molecule has 2 aromatic heterocycles. The fraction of sp³-hybridized carbons (Fsp3) is 0.600. The van der Waals surface area contributed by atoms with Crippen molar-refractivity contribution < 1.29 is 0 Å². The highest BCUT2D eigenvalue weighted by Gasteiger charge is 2.20. The summed E-state index contributed by atoms with van der Waals surface area (Å²) in [6.07, 6.45) is 6.47. The fourth-order valence-corrected chi connectivity index (χ4v) is 4.07. The standard InChI is InChI=1S/C15H22N4S/c1-3-11-8-12-13(17-15(16)18-14(12)20-11)19(2)9-10-6-4-5-7-10/h8,10H,3-7,9H2,1-2H3,(H2,16,17,18). The molecule has 0 bridgehead atoms. The lowest BCUT2D eigenvalue weighted by molar-refractivity contribution is 0.545. The Bertz CT molecular complexity index is 601. The van der Waals surface area contributed by atoms with Gasteiger partial charge >= 0.3 is 0 Å². The van der Waals surface area contributed by atoms with Crippen LogP contribution in [0.15, 0.2) is 6.07 Å². The van der Waals surface area contributed by atoms with Gasteiger partial charge in [-0.1, -0.05) is 19.8 Å². The summed E-state index contributed by atoms with van der Waals surface area (Å²) in [5.41, 5.74) is 5.88. The van der Waals surface area contributed by atoms with E-state index in [2.05, 4.69) is 34.9 Å². The highest BCUT2D eigenvalue weighted by Crippen LogP contribution is 2.33. The number of nitrogens with two attached hydrogens (primary N) is 1. The van der Waals surface area contributed by atoms with Crippen molar-refractivity contribution in [1.82, 2.24) is 9.97 Å². The molecule has 1 aliphatic rings. The molecule has 0 atom stereocenters. The SMILES string of the molecule is CCc1cc2c(N(C)CC3CCCC3)nc(N)nc2s1. The number of aryl methyl sites for hydroxylation is 1.